The summed E-state index contributed by atoms with van der Waals surface area (Å²) in [7, 11) is 1.45. The van der Waals surface area contributed by atoms with Crippen LogP contribution in [0.4, 0.5) is 4.79 Å². The van der Waals surface area contributed by atoms with E-state index in [4.69, 9.17) is 4.42 Å². The van der Waals surface area contributed by atoms with Gasteiger partial charge in [-0.2, -0.15) is 0 Å². The molecular weight excluding hydrogens is 316 g/mol. The second-order valence-corrected chi connectivity index (χ2v) is 6.02. The predicted molar refractivity (Wildman–Crippen MR) is 87.1 cm³/mol. The van der Waals surface area contributed by atoms with Crippen molar-refractivity contribution in [2.45, 2.75) is 25.5 Å². The van der Waals surface area contributed by atoms with E-state index >= 15 is 0 Å². The molecule has 2 aromatic rings. The number of nitrogens with one attached hydrogen (secondary N) is 2. The number of thioether (sulfide) groups is 1. The average Bonchev–Trinajstić information content (AvgIpc) is 2.95. The van der Waals surface area contributed by atoms with Crippen molar-refractivity contribution in [3.8, 4) is 11.5 Å². The molecule has 0 fully saturated rings. The number of benzene rings is 1. The van der Waals surface area contributed by atoms with Crippen molar-refractivity contribution < 1.29 is 14.0 Å². The number of carbonyl (C=O) groups is 2. The Labute approximate surface area is 138 Å². The monoisotopic (exact) mass is 334 g/mol. The number of rotatable bonds is 5. The van der Waals surface area contributed by atoms with Crippen LogP contribution in [0.2, 0.25) is 0 Å². The second-order valence-electron chi connectivity index (χ2n) is 4.98. The van der Waals surface area contributed by atoms with Crippen LogP contribution in [0.15, 0.2) is 27.8 Å². The van der Waals surface area contributed by atoms with Crippen LogP contribution in [-0.2, 0) is 4.79 Å². The normalized spacial score (nSPS) is 10.4. The van der Waals surface area contributed by atoms with Crippen molar-refractivity contribution in [3.63, 3.8) is 0 Å². The Balaban J connectivity index is 1.90. The van der Waals surface area contributed by atoms with Crippen molar-refractivity contribution in [1.29, 1.82) is 0 Å². The summed E-state index contributed by atoms with van der Waals surface area (Å²) in [5, 5.41) is 12.9. The molecule has 8 heteroatoms. The Bertz CT molecular complexity index is 694. The SMILES string of the molecule is CNC(=O)NC(=O)CCSc1nnc(-c2cc(C)cc(C)c2)o1. The lowest BCUT2D eigenvalue weighted by Crippen LogP contribution is -2.37. The Kier molecular flexibility index (Phi) is 5.75. The van der Waals surface area contributed by atoms with E-state index in [-0.39, 0.29) is 12.3 Å². The highest BCUT2D eigenvalue weighted by Gasteiger charge is 2.11. The molecule has 0 saturated heterocycles. The van der Waals surface area contributed by atoms with Crippen LogP contribution >= 0.6 is 11.8 Å². The molecule has 0 atom stereocenters. The largest absolute Gasteiger partial charge is 0.411 e. The van der Waals surface area contributed by atoms with E-state index in [1.807, 2.05) is 26.0 Å². The zero-order valence-corrected chi connectivity index (χ0v) is 14.0. The van der Waals surface area contributed by atoms with Gasteiger partial charge in [0, 0.05) is 24.8 Å². The average molecular weight is 334 g/mol. The Morgan fingerprint density at radius 2 is 1.87 bits per heavy atom. The smallest absolute Gasteiger partial charge is 0.321 e. The topological polar surface area (TPSA) is 97.1 Å². The van der Waals surface area contributed by atoms with E-state index in [0.29, 0.717) is 16.9 Å². The number of aromatic nitrogens is 2. The zero-order valence-electron chi connectivity index (χ0n) is 13.2. The molecule has 2 rings (SSSR count). The maximum absolute atomic E-state index is 11.5. The van der Waals surface area contributed by atoms with Crippen LogP contribution in [0.3, 0.4) is 0 Å². The number of nitrogens with zero attached hydrogens (tertiary/aromatic N) is 2. The van der Waals surface area contributed by atoms with Gasteiger partial charge in [-0.15, -0.1) is 10.2 Å². The van der Waals surface area contributed by atoms with Crippen molar-refractivity contribution in [1.82, 2.24) is 20.8 Å². The summed E-state index contributed by atoms with van der Waals surface area (Å²) in [4.78, 5) is 22.4. The summed E-state index contributed by atoms with van der Waals surface area (Å²) in [6, 6.07) is 5.51. The van der Waals surface area contributed by atoms with Gasteiger partial charge in [-0.3, -0.25) is 10.1 Å². The van der Waals surface area contributed by atoms with Gasteiger partial charge in [0.1, 0.15) is 0 Å². The number of hydrogen-bond donors (Lipinski definition) is 2. The number of urea groups is 1. The first-order chi connectivity index (χ1) is 11.0. The lowest BCUT2D eigenvalue weighted by Gasteiger charge is -2.01. The Morgan fingerprint density at radius 1 is 1.17 bits per heavy atom. The highest BCUT2D eigenvalue weighted by Crippen LogP contribution is 2.25. The van der Waals surface area contributed by atoms with Crippen LogP contribution in [0.1, 0.15) is 17.5 Å². The molecule has 1 aromatic heterocycles. The molecule has 3 amide bonds. The third-order valence-electron chi connectivity index (χ3n) is 2.91. The molecule has 0 radical (unpaired) electrons. The van der Waals surface area contributed by atoms with Gasteiger partial charge in [0.05, 0.1) is 0 Å². The van der Waals surface area contributed by atoms with E-state index in [1.54, 1.807) is 0 Å². The molecule has 23 heavy (non-hydrogen) atoms. The number of carbonyl (C=O) groups excluding carboxylic acids is 2. The number of aryl methyl sites for hydroxylation is 2. The summed E-state index contributed by atoms with van der Waals surface area (Å²) in [6.45, 7) is 4.02. The molecule has 2 N–H and O–H groups in total. The summed E-state index contributed by atoms with van der Waals surface area (Å²) >= 11 is 1.27. The molecule has 7 nitrogen and oxygen atoms in total. The van der Waals surface area contributed by atoms with Crippen molar-refractivity contribution in [3.05, 3.63) is 29.3 Å². The van der Waals surface area contributed by atoms with Crippen LogP contribution in [0.5, 0.6) is 0 Å². The van der Waals surface area contributed by atoms with Gasteiger partial charge in [0.15, 0.2) is 0 Å². The molecule has 0 aliphatic rings. The van der Waals surface area contributed by atoms with Crippen LogP contribution < -0.4 is 10.6 Å². The van der Waals surface area contributed by atoms with Gasteiger partial charge in [0.25, 0.3) is 5.22 Å². The van der Waals surface area contributed by atoms with E-state index in [9.17, 15) is 9.59 Å². The van der Waals surface area contributed by atoms with Crippen LogP contribution in [-0.4, -0.2) is 34.9 Å². The summed E-state index contributed by atoms with van der Waals surface area (Å²) in [6.07, 6.45) is 0.180. The third-order valence-corrected chi connectivity index (χ3v) is 3.73. The molecular formula is C15H18N4O3S. The fourth-order valence-corrected chi connectivity index (χ4v) is 2.66. The minimum Gasteiger partial charge on any atom is -0.411 e. The summed E-state index contributed by atoms with van der Waals surface area (Å²) < 4.78 is 5.59. The van der Waals surface area contributed by atoms with Gasteiger partial charge < -0.3 is 9.73 Å². The summed E-state index contributed by atoms with van der Waals surface area (Å²) in [5.74, 6) is 0.539. The molecule has 0 spiro atoms. The van der Waals surface area contributed by atoms with Crippen LogP contribution in [0, 0.1) is 13.8 Å². The first-order valence-corrected chi connectivity index (χ1v) is 8.03. The quantitative estimate of drug-likeness (QED) is 0.814. The number of hydrogen-bond acceptors (Lipinski definition) is 6. The number of amides is 3. The fourth-order valence-electron chi connectivity index (χ4n) is 1.97. The molecule has 0 bridgehead atoms. The Hall–Kier alpha value is -2.35. The molecule has 1 heterocycles. The zero-order chi connectivity index (χ0) is 16.8. The Morgan fingerprint density at radius 3 is 2.52 bits per heavy atom. The number of imide groups is 1. The van der Waals surface area contributed by atoms with Gasteiger partial charge in [-0.05, 0) is 26.0 Å². The van der Waals surface area contributed by atoms with Crippen molar-refractivity contribution in [2.24, 2.45) is 0 Å². The van der Waals surface area contributed by atoms with Crippen molar-refractivity contribution >= 4 is 23.7 Å². The molecule has 0 unspecified atom stereocenters. The molecule has 122 valence electrons. The maximum atomic E-state index is 11.5. The first kappa shape index (κ1) is 17.0. The van der Waals surface area contributed by atoms with Crippen molar-refractivity contribution in [2.75, 3.05) is 12.8 Å². The molecule has 0 aliphatic carbocycles. The minimum absolute atomic E-state index is 0.180. The second kappa shape index (κ2) is 7.77. The molecule has 0 aliphatic heterocycles. The molecule has 1 aromatic carbocycles. The highest BCUT2D eigenvalue weighted by atomic mass is 32.2. The fraction of sp³-hybridized carbons (Fsp3) is 0.333. The highest BCUT2D eigenvalue weighted by molar-refractivity contribution is 7.99. The van der Waals surface area contributed by atoms with Crippen LogP contribution in [0.25, 0.3) is 11.5 Å². The predicted octanol–water partition coefficient (Wildman–Crippen LogP) is 2.29. The lowest BCUT2D eigenvalue weighted by molar-refractivity contribution is -0.119. The molecule has 0 saturated carbocycles. The third kappa shape index (κ3) is 5.10. The lowest BCUT2D eigenvalue weighted by atomic mass is 10.1. The van der Waals surface area contributed by atoms with E-state index in [0.717, 1.165) is 16.7 Å². The van der Waals surface area contributed by atoms with E-state index < -0.39 is 6.03 Å². The summed E-state index contributed by atoms with van der Waals surface area (Å²) in [5.41, 5.74) is 3.12. The van der Waals surface area contributed by atoms with Gasteiger partial charge in [-0.25, -0.2) is 4.79 Å². The minimum atomic E-state index is -0.519. The first-order valence-electron chi connectivity index (χ1n) is 7.04. The van der Waals surface area contributed by atoms with E-state index in [2.05, 4.69) is 26.9 Å². The standard InChI is InChI=1S/C15H18N4O3S/c1-9-6-10(2)8-11(7-9)13-18-19-15(22-13)23-5-4-12(20)17-14(21)16-3/h6-8H,4-5H2,1-3H3,(H2,16,17,20,21). The maximum Gasteiger partial charge on any atom is 0.321 e. The van der Waals surface area contributed by atoms with Gasteiger partial charge >= 0.3 is 6.03 Å². The van der Waals surface area contributed by atoms with E-state index in [1.165, 1.54) is 18.8 Å². The van der Waals surface area contributed by atoms with Gasteiger partial charge in [-0.1, -0.05) is 29.0 Å². The van der Waals surface area contributed by atoms with Gasteiger partial charge in [0.2, 0.25) is 11.8 Å².